The molecule has 0 aliphatic carbocycles. The number of nitrogens with zero attached hydrogens (tertiary/aromatic N) is 3. The van der Waals surface area contributed by atoms with E-state index in [-0.39, 0.29) is 0 Å². The lowest BCUT2D eigenvalue weighted by Gasteiger charge is -2.22. The van der Waals surface area contributed by atoms with Crippen LogP contribution in [0.2, 0.25) is 0 Å². The SMILES string of the molecule is Cc1nc2c(C(C)C)cccc2c(N(C)C)c1CC#N. The number of anilines is 1. The number of pyridine rings is 1. The lowest BCUT2D eigenvalue weighted by molar-refractivity contribution is 0.871. The minimum Gasteiger partial charge on any atom is -0.377 e. The van der Waals surface area contributed by atoms with Gasteiger partial charge in [0.25, 0.3) is 0 Å². The van der Waals surface area contributed by atoms with Gasteiger partial charge in [0.1, 0.15) is 0 Å². The summed E-state index contributed by atoms with van der Waals surface area (Å²) in [6, 6.07) is 8.58. The van der Waals surface area contributed by atoms with Crippen molar-refractivity contribution in [3.05, 3.63) is 35.0 Å². The van der Waals surface area contributed by atoms with Crippen LogP contribution in [0.4, 0.5) is 5.69 Å². The fourth-order valence-electron chi connectivity index (χ4n) is 2.71. The van der Waals surface area contributed by atoms with E-state index < -0.39 is 0 Å². The number of aromatic nitrogens is 1. The Morgan fingerprint density at radius 1 is 1.30 bits per heavy atom. The molecule has 0 aliphatic heterocycles. The average Bonchev–Trinajstić information content (AvgIpc) is 2.38. The highest BCUT2D eigenvalue weighted by molar-refractivity contribution is 5.96. The molecule has 0 atom stereocenters. The Morgan fingerprint density at radius 3 is 2.55 bits per heavy atom. The number of para-hydroxylation sites is 1. The Hall–Kier alpha value is -2.08. The summed E-state index contributed by atoms with van der Waals surface area (Å²) in [5, 5.41) is 10.2. The number of hydrogen-bond acceptors (Lipinski definition) is 3. The molecule has 3 nitrogen and oxygen atoms in total. The van der Waals surface area contributed by atoms with Crippen LogP contribution in [-0.2, 0) is 6.42 Å². The van der Waals surface area contributed by atoms with Crippen LogP contribution in [0.5, 0.6) is 0 Å². The quantitative estimate of drug-likeness (QED) is 0.849. The molecule has 1 aromatic heterocycles. The van der Waals surface area contributed by atoms with Gasteiger partial charge in [-0.15, -0.1) is 0 Å². The van der Waals surface area contributed by atoms with Crippen LogP contribution >= 0.6 is 0 Å². The highest BCUT2D eigenvalue weighted by Gasteiger charge is 2.16. The van der Waals surface area contributed by atoms with Gasteiger partial charge < -0.3 is 4.90 Å². The maximum atomic E-state index is 9.07. The van der Waals surface area contributed by atoms with Crippen LogP contribution in [0.1, 0.15) is 36.6 Å². The van der Waals surface area contributed by atoms with Crippen LogP contribution in [0.15, 0.2) is 18.2 Å². The maximum absolute atomic E-state index is 9.07. The van der Waals surface area contributed by atoms with Crippen molar-refractivity contribution in [2.75, 3.05) is 19.0 Å². The van der Waals surface area contributed by atoms with Gasteiger partial charge in [-0.2, -0.15) is 5.26 Å². The Kier molecular flexibility index (Phi) is 3.94. The predicted octanol–water partition coefficient (Wildman–Crippen LogP) is 3.80. The zero-order valence-electron chi connectivity index (χ0n) is 12.9. The van der Waals surface area contributed by atoms with Crippen molar-refractivity contribution in [3.63, 3.8) is 0 Å². The van der Waals surface area contributed by atoms with Crippen molar-refractivity contribution >= 4 is 16.6 Å². The van der Waals surface area contributed by atoms with Gasteiger partial charge in [-0.1, -0.05) is 32.0 Å². The summed E-state index contributed by atoms with van der Waals surface area (Å²) in [6.45, 7) is 6.37. The second-order valence-electron chi connectivity index (χ2n) is 5.65. The van der Waals surface area contributed by atoms with Crippen molar-refractivity contribution in [2.24, 2.45) is 0 Å². The van der Waals surface area contributed by atoms with Crippen LogP contribution in [0, 0.1) is 18.3 Å². The summed E-state index contributed by atoms with van der Waals surface area (Å²) in [5.74, 6) is 0.433. The average molecular weight is 267 g/mol. The van der Waals surface area contributed by atoms with E-state index >= 15 is 0 Å². The molecule has 2 aromatic rings. The van der Waals surface area contributed by atoms with Gasteiger partial charge in [0.15, 0.2) is 0 Å². The topological polar surface area (TPSA) is 39.9 Å². The van der Waals surface area contributed by atoms with E-state index in [9.17, 15) is 0 Å². The highest BCUT2D eigenvalue weighted by atomic mass is 15.1. The molecule has 1 aromatic carbocycles. The molecular formula is C17H21N3. The first-order valence-electron chi connectivity index (χ1n) is 6.93. The second kappa shape index (κ2) is 5.50. The molecule has 0 spiro atoms. The monoisotopic (exact) mass is 267 g/mol. The van der Waals surface area contributed by atoms with Crippen LogP contribution < -0.4 is 4.90 Å². The maximum Gasteiger partial charge on any atom is 0.0760 e. The Bertz CT molecular complexity index is 679. The molecule has 0 fully saturated rings. The fraction of sp³-hybridized carbons (Fsp3) is 0.412. The third-order valence-electron chi connectivity index (χ3n) is 3.65. The summed E-state index contributed by atoms with van der Waals surface area (Å²) in [7, 11) is 4.05. The third kappa shape index (κ3) is 2.34. The zero-order chi connectivity index (χ0) is 14.9. The van der Waals surface area contributed by atoms with Gasteiger partial charge in [0, 0.05) is 30.7 Å². The van der Waals surface area contributed by atoms with Crippen LogP contribution in [0.25, 0.3) is 10.9 Å². The van der Waals surface area contributed by atoms with Crippen LogP contribution in [0.3, 0.4) is 0 Å². The summed E-state index contributed by atoms with van der Waals surface area (Å²) < 4.78 is 0. The smallest absolute Gasteiger partial charge is 0.0760 e. The number of aryl methyl sites for hydroxylation is 1. The van der Waals surface area contributed by atoms with Crippen molar-refractivity contribution in [1.82, 2.24) is 4.98 Å². The predicted molar refractivity (Wildman–Crippen MR) is 84.2 cm³/mol. The van der Waals surface area contributed by atoms with Crippen LogP contribution in [-0.4, -0.2) is 19.1 Å². The first-order valence-corrected chi connectivity index (χ1v) is 6.93. The van der Waals surface area contributed by atoms with Crippen molar-refractivity contribution in [3.8, 4) is 6.07 Å². The summed E-state index contributed by atoms with van der Waals surface area (Å²) in [5.41, 5.74) is 5.43. The minimum atomic E-state index is 0.397. The molecule has 0 amide bonds. The van der Waals surface area contributed by atoms with E-state index in [1.54, 1.807) is 0 Å². The lowest BCUT2D eigenvalue weighted by Crippen LogP contribution is -2.14. The van der Waals surface area contributed by atoms with E-state index in [0.717, 1.165) is 27.8 Å². The molecule has 0 bridgehead atoms. The van der Waals surface area contributed by atoms with E-state index in [4.69, 9.17) is 10.2 Å². The number of nitriles is 1. The minimum absolute atomic E-state index is 0.397. The fourth-order valence-corrected chi connectivity index (χ4v) is 2.71. The van der Waals surface area contributed by atoms with Gasteiger partial charge >= 0.3 is 0 Å². The van der Waals surface area contributed by atoms with Gasteiger partial charge in [-0.3, -0.25) is 4.98 Å². The Balaban J connectivity index is 2.90. The Morgan fingerprint density at radius 2 is 2.00 bits per heavy atom. The van der Waals surface area contributed by atoms with E-state index in [1.165, 1.54) is 5.56 Å². The molecule has 0 unspecified atom stereocenters. The first-order chi connectivity index (χ1) is 9.47. The lowest BCUT2D eigenvalue weighted by atomic mass is 9.96. The molecule has 0 N–H and O–H groups in total. The van der Waals surface area contributed by atoms with E-state index in [0.29, 0.717) is 12.3 Å². The molecule has 2 rings (SSSR count). The van der Waals surface area contributed by atoms with Gasteiger partial charge in [-0.05, 0) is 18.4 Å². The first kappa shape index (κ1) is 14.3. The summed E-state index contributed by atoms with van der Waals surface area (Å²) in [4.78, 5) is 6.87. The highest BCUT2D eigenvalue weighted by Crippen LogP contribution is 2.34. The molecule has 20 heavy (non-hydrogen) atoms. The standard InChI is InChI=1S/C17H21N3/c1-11(2)13-7-6-8-15-16(13)19-12(3)14(9-10-18)17(15)20(4)5/h6-8,11H,9H2,1-5H3. The summed E-state index contributed by atoms with van der Waals surface area (Å²) >= 11 is 0. The number of rotatable bonds is 3. The number of fused-ring (bicyclic) bond motifs is 1. The third-order valence-corrected chi connectivity index (χ3v) is 3.65. The molecule has 0 saturated heterocycles. The number of hydrogen-bond donors (Lipinski definition) is 0. The molecule has 0 saturated carbocycles. The van der Waals surface area contributed by atoms with Gasteiger partial charge in [0.05, 0.1) is 23.7 Å². The molecule has 0 radical (unpaired) electrons. The molecule has 1 heterocycles. The van der Waals surface area contributed by atoms with Gasteiger partial charge in [0.2, 0.25) is 0 Å². The van der Waals surface area contributed by atoms with Crippen molar-refractivity contribution < 1.29 is 0 Å². The second-order valence-corrected chi connectivity index (χ2v) is 5.65. The zero-order valence-corrected chi connectivity index (χ0v) is 12.9. The normalized spacial score (nSPS) is 10.8. The molecule has 0 aliphatic rings. The Labute approximate surface area is 120 Å². The summed E-state index contributed by atoms with van der Waals surface area (Å²) in [6.07, 6.45) is 0.397. The molecule has 3 heteroatoms. The van der Waals surface area contributed by atoms with Crippen molar-refractivity contribution in [1.29, 1.82) is 5.26 Å². The molecular weight excluding hydrogens is 246 g/mol. The number of benzene rings is 1. The molecule has 104 valence electrons. The van der Waals surface area contributed by atoms with Gasteiger partial charge in [-0.25, -0.2) is 0 Å². The van der Waals surface area contributed by atoms with E-state index in [2.05, 4.69) is 43.0 Å². The largest absolute Gasteiger partial charge is 0.377 e. The van der Waals surface area contributed by atoms with Crippen molar-refractivity contribution in [2.45, 2.75) is 33.1 Å². The van der Waals surface area contributed by atoms with E-state index in [1.807, 2.05) is 21.0 Å².